The second-order valence-electron chi connectivity index (χ2n) is 4.83. The van der Waals surface area contributed by atoms with Gasteiger partial charge in [-0.1, -0.05) is 12.1 Å². The number of hydrogen-bond donors (Lipinski definition) is 1. The van der Waals surface area contributed by atoms with Gasteiger partial charge in [0.2, 0.25) is 0 Å². The number of nitrogens with one attached hydrogen (secondary N) is 1. The Kier molecular flexibility index (Phi) is 3.88. The van der Waals surface area contributed by atoms with Gasteiger partial charge in [0.05, 0.1) is 16.8 Å². The lowest BCUT2D eigenvalue weighted by atomic mass is 10.1. The topological polar surface area (TPSA) is 72.0 Å². The van der Waals surface area contributed by atoms with E-state index in [9.17, 15) is 21.6 Å². The maximum atomic E-state index is 13.1. The Bertz CT molecular complexity index is 990. The van der Waals surface area contributed by atoms with E-state index in [0.717, 1.165) is 12.1 Å². The lowest BCUT2D eigenvalue weighted by molar-refractivity contribution is -0.136. The number of aromatic nitrogens is 2. The van der Waals surface area contributed by atoms with Crippen molar-refractivity contribution < 1.29 is 21.6 Å². The summed E-state index contributed by atoms with van der Waals surface area (Å²) in [5.41, 5.74) is -1.03. The molecule has 0 saturated carbocycles. The molecule has 0 unspecified atom stereocenters. The van der Waals surface area contributed by atoms with Crippen LogP contribution in [0.4, 0.5) is 18.9 Å². The van der Waals surface area contributed by atoms with Crippen molar-refractivity contribution in [3.8, 4) is 0 Å². The molecular weight excluding hydrogens is 343 g/mol. The molecule has 0 aliphatic heterocycles. The summed E-state index contributed by atoms with van der Waals surface area (Å²) in [4.78, 5) is 7.62. The average Bonchev–Trinajstić information content (AvgIpc) is 2.54. The highest BCUT2D eigenvalue weighted by atomic mass is 32.2. The van der Waals surface area contributed by atoms with E-state index in [2.05, 4.69) is 14.7 Å². The first-order valence-corrected chi connectivity index (χ1v) is 8.16. The van der Waals surface area contributed by atoms with Gasteiger partial charge in [-0.25, -0.2) is 4.98 Å². The Morgan fingerprint density at radius 1 is 0.917 bits per heavy atom. The smallest absolute Gasteiger partial charge is 0.276 e. The zero-order chi connectivity index (χ0) is 17.4. The van der Waals surface area contributed by atoms with Crippen molar-refractivity contribution in [1.82, 2.24) is 9.97 Å². The van der Waals surface area contributed by atoms with Gasteiger partial charge in [0.15, 0.2) is 5.03 Å². The van der Waals surface area contributed by atoms with Crippen LogP contribution in [0, 0.1) is 0 Å². The van der Waals surface area contributed by atoms with Crippen LogP contribution in [0.5, 0.6) is 0 Å². The van der Waals surface area contributed by atoms with Crippen LogP contribution in [0.15, 0.2) is 59.9 Å². The van der Waals surface area contributed by atoms with Crippen LogP contribution in [-0.2, 0) is 16.2 Å². The molecule has 0 radical (unpaired) electrons. The van der Waals surface area contributed by atoms with Crippen molar-refractivity contribution in [1.29, 1.82) is 0 Å². The number of anilines is 1. The molecule has 1 N–H and O–H groups in total. The molecule has 0 spiro atoms. The number of sulfonamides is 1. The summed E-state index contributed by atoms with van der Waals surface area (Å²) in [5, 5.41) is -0.430. The van der Waals surface area contributed by atoms with Crippen molar-refractivity contribution in [2.75, 3.05) is 4.72 Å². The van der Waals surface area contributed by atoms with Crippen LogP contribution in [-0.4, -0.2) is 18.4 Å². The largest absolute Gasteiger partial charge is 0.417 e. The lowest BCUT2D eigenvalue weighted by Gasteiger charge is -2.14. The summed E-state index contributed by atoms with van der Waals surface area (Å²) in [5.74, 6) is 0. The minimum Gasteiger partial charge on any atom is -0.276 e. The van der Waals surface area contributed by atoms with Gasteiger partial charge in [-0.2, -0.15) is 21.6 Å². The fraction of sp³-hybridized carbons (Fsp3) is 0.0667. The number of halogens is 3. The van der Waals surface area contributed by atoms with Gasteiger partial charge in [-0.15, -0.1) is 0 Å². The molecule has 1 aromatic carbocycles. The Labute approximate surface area is 135 Å². The second kappa shape index (κ2) is 5.75. The lowest BCUT2D eigenvalue weighted by Crippen LogP contribution is -2.15. The summed E-state index contributed by atoms with van der Waals surface area (Å²) >= 11 is 0. The fourth-order valence-electron chi connectivity index (χ4n) is 2.21. The highest BCUT2D eigenvalue weighted by molar-refractivity contribution is 7.92. The number of hydrogen-bond acceptors (Lipinski definition) is 4. The SMILES string of the molecule is O=S(=O)(Nc1ccc(C(F)(F)F)c2cccnc12)c1ccccn1. The number of rotatable bonds is 3. The molecule has 0 atom stereocenters. The van der Waals surface area contributed by atoms with Crippen LogP contribution < -0.4 is 4.72 Å². The Morgan fingerprint density at radius 3 is 2.33 bits per heavy atom. The van der Waals surface area contributed by atoms with E-state index < -0.39 is 21.8 Å². The van der Waals surface area contributed by atoms with Crippen molar-refractivity contribution in [2.45, 2.75) is 11.2 Å². The van der Waals surface area contributed by atoms with Crippen molar-refractivity contribution in [2.24, 2.45) is 0 Å². The van der Waals surface area contributed by atoms with E-state index in [1.165, 1.54) is 36.7 Å². The first kappa shape index (κ1) is 16.2. The minimum atomic E-state index is -4.57. The second-order valence-corrected chi connectivity index (χ2v) is 6.46. The Morgan fingerprint density at radius 2 is 1.67 bits per heavy atom. The summed E-state index contributed by atoms with van der Waals surface area (Å²) in [7, 11) is -4.04. The standard InChI is InChI=1S/C15H10F3N3O2S/c16-15(17,18)11-6-7-12(14-10(11)4-3-9-20-14)21-24(22,23)13-5-1-2-8-19-13/h1-9,21H. The van der Waals surface area contributed by atoms with Gasteiger partial charge in [-0.05, 0) is 30.3 Å². The van der Waals surface area contributed by atoms with Gasteiger partial charge in [-0.3, -0.25) is 9.71 Å². The van der Waals surface area contributed by atoms with Crippen LogP contribution in [0.1, 0.15) is 5.56 Å². The number of fused-ring (bicyclic) bond motifs is 1. The zero-order valence-corrected chi connectivity index (χ0v) is 12.8. The van der Waals surface area contributed by atoms with E-state index >= 15 is 0 Å². The first-order chi connectivity index (χ1) is 11.3. The fourth-order valence-corrected chi connectivity index (χ4v) is 3.22. The summed E-state index contributed by atoms with van der Waals surface area (Å²) in [6.07, 6.45) is -1.97. The zero-order valence-electron chi connectivity index (χ0n) is 11.9. The predicted octanol–water partition coefficient (Wildman–Crippen LogP) is 3.45. The number of nitrogens with zero attached hydrogens (tertiary/aromatic N) is 2. The van der Waals surface area contributed by atoms with Crippen LogP contribution in [0.2, 0.25) is 0 Å². The summed E-state index contributed by atoms with van der Waals surface area (Å²) in [6.45, 7) is 0. The molecule has 3 rings (SSSR count). The van der Waals surface area contributed by atoms with Crippen LogP contribution >= 0.6 is 0 Å². The van der Waals surface area contributed by atoms with Gasteiger partial charge in [0.25, 0.3) is 10.0 Å². The van der Waals surface area contributed by atoms with Gasteiger partial charge >= 0.3 is 6.18 Å². The molecule has 5 nitrogen and oxygen atoms in total. The molecule has 3 aromatic rings. The highest BCUT2D eigenvalue weighted by Gasteiger charge is 2.33. The van der Waals surface area contributed by atoms with Gasteiger partial charge < -0.3 is 0 Å². The predicted molar refractivity (Wildman–Crippen MR) is 81.8 cm³/mol. The highest BCUT2D eigenvalue weighted by Crippen LogP contribution is 2.37. The molecule has 0 bridgehead atoms. The molecule has 0 aliphatic carbocycles. The summed E-state index contributed by atoms with van der Waals surface area (Å²) < 4.78 is 66.1. The quantitative estimate of drug-likeness (QED) is 0.783. The van der Waals surface area contributed by atoms with E-state index in [4.69, 9.17) is 0 Å². The van der Waals surface area contributed by atoms with Crippen molar-refractivity contribution >= 4 is 26.6 Å². The van der Waals surface area contributed by atoms with Gasteiger partial charge in [0, 0.05) is 17.8 Å². The molecule has 24 heavy (non-hydrogen) atoms. The third kappa shape index (κ3) is 3.02. The average molecular weight is 353 g/mol. The number of pyridine rings is 2. The molecule has 124 valence electrons. The first-order valence-electron chi connectivity index (χ1n) is 6.68. The number of benzene rings is 1. The maximum absolute atomic E-state index is 13.1. The molecule has 0 fully saturated rings. The van der Waals surface area contributed by atoms with Crippen LogP contribution in [0.25, 0.3) is 10.9 Å². The van der Waals surface area contributed by atoms with Crippen LogP contribution in [0.3, 0.4) is 0 Å². The van der Waals surface area contributed by atoms with E-state index in [-0.39, 0.29) is 21.6 Å². The molecular formula is C15H10F3N3O2S. The third-order valence-electron chi connectivity index (χ3n) is 3.23. The summed E-state index contributed by atoms with van der Waals surface area (Å²) in [6, 6.07) is 8.78. The molecule has 0 amide bonds. The van der Waals surface area contributed by atoms with E-state index in [1.807, 2.05) is 0 Å². The molecule has 2 heterocycles. The molecule has 2 aromatic heterocycles. The van der Waals surface area contributed by atoms with E-state index in [0.29, 0.717) is 0 Å². The molecule has 0 aliphatic rings. The normalized spacial score (nSPS) is 12.3. The number of alkyl halides is 3. The maximum Gasteiger partial charge on any atom is 0.417 e. The third-order valence-corrected chi connectivity index (χ3v) is 4.51. The monoisotopic (exact) mass is 353 g/mol. The van der Waals surface area contributed by atoms with Gasteiger partial charge in [0.1, 0.15) is 0 Å². The Hall–Kier alpha value is -2.68. The van der Waals surface area contributed by atoms with E-state index in [1.54, 1.807) is 6.07 Å². The Balaban J connectivity index is 2.12. The minimum absolute atomic E-state index is 0.0516. The molecule has 9 heteroatoms. The molecule has 0 saturated heterocycles. The van der Waals surface area contributed by atoms with Crippen molar-refractivity contribution in [3.05, 3.63) is 60.4 Å². The van der Waals surface area contributed by atoms with Crippen molar-refractivity contribution in [3.63, 3.8) is 0 Å².